The van der Waals surface area contributed by atoms with Crippen LogP contribution < -0.4 is 0 Å². The Labute approximate surface area is 111 Å². The van der Waals surface area contributed by atoms with Crippen LogP contribution in [0.2, 0.25) is 0 Å². The number of rotatable bonds is 5. The molecular formula is C16H25NO. The minimum Gasteiger partial charge on any atom is -0.508 e. The second-order valence-corrected chi connectivity index (χ2v) is 5.33. The summed E-state index contributed by atoms with van der Waals surface area (Å²) in [6.45, 7) is 6.81. The van der Waals surface area contributed by atoms with Crippen LogP contribution in [0, 0.1) is 0 Å². The number of fused-ring (bicyclic) bond motifs is 1. The van der Waals surface area contributed by atoms with Crippen LogP contribution in [-0.4, -0.2) is 23.1 Å². The van der Waals surface area contributed by atoms with Crippen molar-refractivity contribution in [3.63, 3.8) is 0 Å². The monoisotopic (exact) mass is 247 g/mol. The maximum Gasteiger partial charge on any atom is 0.115 e. The Kier molecular flexibility index (Phi) is 4.65. The largest absolute Gasteiger partial charge is 0.508 e. The Bertz CT molecular complexity index is 383. The van der Waals surface area contributed by atoms with Gasteiger partial charge in [-0.25, -0.2) is 0 Å². The first-order valence-corrected chi connectivity index (χ1v) is 7.32. The lowest BCUT2D eigenvalue weighted by molar-refractivity contribution is 0.178. The van der Waals surface area contributed by atoms with Crippen LogP contribution >= 0.6 is 0 Å². The number of phenolic OH excluding ortho intramolecular Hbond substituents is 1. The van der Waals surface area contributed by atoms with Gasteiger partial charge in [0.1, 0.15) is 5.75 Å². The molecule has 100 valence electrons. The van der Waals surface area contributed by atoms with Gasteiger partial charge in [-0.05, 0) is 68.5 Å². The van der Waals surface area contributed by atoms with Crippen molar-refractivity contribution in [2.24, 2.45) is 0 Å². The summed E-state index contributed by atoms with van der Waals surface area (Å²) in [4.78, 5) is 2.59. The van der Waals surface area contributed by atoms with E-state index >= 15 is 0 Å². The van der Waals surface area contributed by atoms with Crippen LogP contribution in [0.1, 0.15) is 56.7 Å². The van der Waals surface area contributed by atoms with Gasteiger partial charge in [-0.2, -0.15) is 0 Å². The Morgan fingerprint density at radius 3 is 2.61 bits per heavy atom. The van der Waals surface area contributed by atoms with Crippen molar-refractivity contribution in [3.8, 4) is 5.75 Å². The quantitative estimate of drug-likeness (QED) is 0.853. The molecule has 2 nitrogen and oxygen atoms in total. The molecular weight excluding hydrogens is 222 g/mol. The van der Waals surface area contributed by atoms with Crippen molar-refractivity contribution >= 4 is 0 Å². The molecule has 0 radical (unpaired) electrons. The van der Waals surface area contributed by atoms with E-state index in [-0.39, 0.29) is 0 Å². The third-order valence-electron chi connectivity index (χ3n) is 3.87. The van der Waals surface area contributed by atoms with Crippen molar-refractivity contribution < 1.29 is 5.11 Å². The average Bonchev–Trinajstić information content (AvgIpc) is 2.38. The minimum absolute atomic E-state index is 0.411. The predicted molar refractivity (Wildman–Crippen MR) is 75.9 cm³/mol. The lowest BCUT2D eigenvalue weighted by Crippen LogP contribution is -2.32. The molecule has 18 heavy (non-hydrogen) atoms. The summed E-state index contributed by atoms with van der Waals surface area (Å²) in [5.41, 5.74) is 2.80. The molecule has 1 atom stereocenters. The summed E-state index contributed by atoms with van der Waals surface area (Å²) in [6, 6.07) is 6.43. The molecule has 0 saturated heterocycles. The zero-order valence-corrected chi connectivity index (χ0v) is 11.7. The molecule has 1 unspecified atom stereocenters. The summed E-state index contributed by atoms with van der Waals surface area (Å²) in [7, 11) is 0. The van der Waals surface area contributed by atoms with Gasteiger partial charge >= 0.3 is 0 Å². The highest BCUT2D eigenvalue weighted by atomic mass is 16.3. The Balaban J connectivity index is 2.26. The predicted octanol–water partition coefficient (Wildman–Crippen LogP) is 3.89. The maximum absolute atomic E-state index is 9.73. The van der Waals surface area contributed by atoms with Crippen molar-refractivity contribution in [2.45, 2.75) is 52.0 Å². The van der Waals surface area contributed by atoms with Crippen LogP contribution in [-0.2, 0) is 6.42 Å². The summed E-state index contributed by atoms with van der Waals surface area (Å²) in [6.07, 6.45) is 6.07. The molecule has 0 saturated carbocycles. The molecule has 0 aliphatic heterocycles. The summed E-state index contributed by atoms with van der Waals surface area (Å²) in [5.74, 6) is 0.411. The second-order valence-electron chi connectivity index (χ2n) is 5.33. The molecule has 0 bridgehead atoms. The fourth-order valence-corrected chi connectivity index (χ4v) is 3.14. The smallest absolute Gasteiger partial charge is 0.115 e. The maximum atomic E-state index is 9.73. The van der Waals surface area contributed by atoms with Crippen LogP contribution in [0.3, 0.4) is 0 Å². The lowest BCUT2D eigenvalue weighted by atomic mass is 9.86. The average molecular weight is 247 g/mol. The zero-order valence-electron chi connectivity index (χ0n) is 11.7. The molecule has 0 heterocycles. The molecule has 2 rings (SSSR count). The number of phenols is 1. The molecule has 0 amide bonds. The third-order valence-corrected chi connectivity index (χ3v) is 3.87. The number of aromatic hydroxyl groups is 1. The van der Waals surface area contributed by atoms with Crippen LogP contribution in [0.5, 0.6) is 5.75 Å². The highest BCUT2D eigenvalue weighted by Crippen LogP contribution is 2.36. The number of nitrogens with zero attached hydrogens (tertiary/aromatic N) is 1. The molecule has 1 aliphatic rings. The van der Waals surface area contributed by atoms with Crippen molar-refractivity contribution in [2.75, 3.05) is 13.1 Å². The Hall–Kier alpha value is -1.02. The van der Waals surface area contributed by atoms with E-state index in [1.807, 2.05) is 12.1 Å². The van der Waals surface area contributed by atoms with Gasteiger partial charge in [0, 0.05) is 6.04 Å². The van der Waals surface area contributed by atoms with E-state index in [4.69, 9.17) is 0 Å². The van der Waals surface area contributed by atoms with E-state index in [0.717, 1.165) is 19.5 Å². The molecule has 1 aromatic carbocycles. The van der Waals surface area contributed by atoms with Crippen LogP contribution in [0.25, 0.3) is 0 Å². The summed E-state index contributed by atoms with van der Waals surface area (Å²) >= 11 is 0. The number of hydrogen-bond acceptors (Lipinski definition) is 2. The Morgan fingerprint density at radius 1 is 1.22 bits per heavy atom. The first-order valence-electron chi connectivity index (χ1n) is 7.32. The lowest BCUT2D eigenvalue weighted by Gasteiger charge is -2.35. The fourth-order valence-electron chi connectivity index (χ4n) is 3.14. The van der Waals surface area contributed by atoms with E-state index in [0.29, 0.717) is 11.8 Å². The van der Waals surface area contributed by atoms with Gasteiger partial charge in [-0.1, -0.05) is 19.9 Å². The molecule has 1 N–H and O–H groups in total. The topological polar surface area (TPSA) is 23.5 Å². The van der Waals surface area contributed by atoms with Crippen molar-refractivity contribution in [1.82, 2.24) is 4.90 Å². The highest BCUT2D eigenvalue weighted by molar-refractivity contribution is 5.38. The van der Waals surface area contributed by atoms with Gasteiger partial charge in [0.05, 0.1) is 0 Å². The van der Waals surface area contributed by atoms with Crippen LogP contribution in [0.4, 0.5) is 0 Å². The molecule has 0 aromatic heterocycles. The van der Waals surface area contributed by atoms with Gasteiger partial charge in [0.15, 0.2) is 0 Å². The Morgan fingerprint density at radius 2 is 1.94 bits per heavy atom. The normalized spacial score (nSPS) is 18.9. The first-order chi connectivity index (χ1) is 8.76. The van der Waals surface area contributed by atoms with E-state index in [1.165, 1.54) is 36.8 Å². The fraction of sp³-hybridized carbons (Fsp3) is 0.625. The first kappa shape index (κ1) is 13.4. The van der Waals surface area contributed by atoms with Gasteiger partial charge in [0.2, 0.25) is 0 Å². The van der Waals surface area contributed by atoms with Gasteiger partial charge in [-0.15, -0.1) is 0 Å². The zero-order chi connectivity index (χ0) is 13.0. The number of hydrogen-bond donors (Lipinski definition) is 1. The van der Waals surface area contributed by atoms with E-state index in [2.05, 4.69) is 24.8 Å². The van der Waals surface area contributed by atoms with E-state index in [1.54, 1.807) is 0 Å². The summed E-state index contributed by atoms with van der Waals surface area (Å²) < 4.78 is 0. The number of aryl methyl sites for hydroxylation is 1. The standard InChI is InChI=1S/C16H25NO/c1-3-10-17(11-4-2)16-7-5-6-13-8-9-14(18)12-15(13)16/h8-9,12,16,18H,3-7,10-11H2,1-2H3. The van der Waals surface area contributed by atoms with Crippen molar-refractivity contribution in [3.05, 3.63) is 29.3 Å². The SMILES string of the molecule is CCCN(CCC)C1CCCc2ccc(O)cc21. The highest BCUT2D eigenvalue weighted by Gasteiger charge is 2.25. The molecule has 0 spiro atoms. The van der Waals surface area contributed by atoms with Gasteiger partial charge in [0.25, 0.3) is 0 Å². The van der Waals surface area contributed by atoms with E-state index in [9.17, 15) is 5.11 Å². The van der Waals surface area contributed by atoms with Crippen molar-refractivity contribution in [1.29, 1.82) is 0 Å². The molecule has 0 fully saturated rings. The minimum atomic E-state index is 0.411. The summed E-state index contributed by atoms with van der Waals surface area (Å²) in [5, 5.41) is 9.73. The van der Waals surface area contributed by atoms with Crippen LogP contribution in [0.15, 0.2) is 18.2 Å². The molecule has 1 aromatic rings. The molecule has 2 heteroatoms. The third kappa shape index (κ3) is 2.86. The van der Waals surface area contributed by atoms with E-state index < -0.39 is 0 Å². The number of benzene rings is 1. The second kappa shape index (κ2) is 6.24. The van der Waals surface area contributed by atoms with Gasteiger partial charge < -0.3 is 5.11 Å². The van der Waals surface area contributed by atoms with Gasteiger partial charge in [-0.3, -0.25) is 4.90 Å². The molecule has 1 aliphatic carbocycles.